The molecule has 4 aromatic rings. The van der Waals surface area contributed by atoms with Crippen molar-refractivity contribution >= 4 is 40.3 Å². The van der Waals surface area contributed by atoms with Crippen LogP contribution in [0.5, 0.6) is 0 Å². The molecule has 0 saturated heterocycles. The standard InChI is InChI=1S/C25H23N5O2S2/c1-4-29-17(11-12-26-29)14-20-24(32)30-22(19-10-7-13-33-19)21(16(3)27-25(30)34-20)23(31)28-18-9-6-5-8-15(18)2/h5-14,22H,4H2,1-3H3,(H,28,31)/b20-14+/t22-/m1/s1. The fourth-order valence-corrected chi connectivity index (χ4v) is 5.95. The fourth-order valence-electron chi connectivity index (χ4n) is 4.09. The maximum Gasteiger partial charge on any atom is 0.271 e. The first-order valence-corrected chi connectivity index (χ1v) is 12.6. The highest BCUT2D eigenvalue weighted by Gasteiger charge is 2.33. The molecule has 0 spiro atoms. The Morgan fingerprint density at radius 2 is 2.00 bits per heavy atom. The number of amides is 1. The zero-order chi connectivity index (χ0) is 23.8. The number of hydrogen-bond acceptors (Lipinski definition) is 6. The molecule has 0 fully saturated rings. The van der Waals surface area contributed by atoms with Gasteiger partial charge in [0.1, 0.15) is 6.04 Å². The zero-order valence-corrected chi connectivity index (χ0v) is 20.6. The van der Waals surface area contributed by atoms with Gasteiger partial charge in [0.05, 0.1) is 21.5 Å². The molecule has 0 radical (unpaired) electrons. The largest absolute Gasteiger partial charge is 0.322 e. The molecular weight excluding hydrogens is 466 g/mol. The van der Waals surface area contributed by atoms with Crippen LogP contribution in [-0.4, -0.2) is 20.3 Å². The average Bonchev–Trinajstić information content (AvgIpc) is 3.56. The third kappa shape index (κ3) is 3.86. The minimum Gasteiger partial charge on any atom is -0.322 e. The van der Waals surface area contributed by atoms with Crippen molar-refractivity contribution in [3.05, 3.63) is 101 Å². The Kier molecular flexibility index (Phi) is 5.89. The molecule has 0 bridgehead atoms. The SMILES string of the molecule is CCn1nccc1/C=c1/sc2n(c1=O)[C@H](c1cccs1)C(C(=O)Nc1ccccc1C)=C(C)N=2. The molecule has 34 heavy (non-hydrogen) atoms. The normalized spacial score (nSPS) is 15.9. The molecule has 3 aromatic heterocycles. The van der Waals surface area contributed by atoms with Crippen LogP contribution in [0.15, 0.2) is 75.1 Å². The third-order valence-corrected chi connectivity index (χ3v) is 7.71. The van der Waals surface area contributed by atoms with Gasteiger partial charge in [-0.05, 0) is 56.0 Å². The van der Waals surface area contributed by atoms with Gasteiger partial charge in [-0.1, -0.05) is 35.6 Å². The van der Waals surface area contributed by atoms with E-state index in [0.29, 0.717) is 27.1 Å². The van der Waals surface area contributed by atoms with Crippen molar-refractivity contribution in [3.63, 3.8) is 0 Å². The van der Waals surface area contributed by atoms with Gasteiger partial charge < -0.3 is 5.32 Å². The number of hydrogen-bond donors (Lipinski definition) is 1. The van der Waals surface area contributed by atoms with E-state index in [1.807, 2.05) is 79.4 Å². The van der Waals surface area contributed by atoms with Crippen molar-refractivity contribution < 1.29 is 4.79 Å². The summed E-state index contributed by atoms with van der Waals surface area (Å²) in [5.74, 6) is -0.257. The monoisotopic (exact) mass is 489 g/mol. The Hall–Kier alpha value is -3.56. The number of thiazole rings is 1. The number of rotatable bonds is 5. The van der Waals surface area contributed by atoms with Crippen LogP contribution in [-0.2, 0) is 11.3 Å². The molecule has 1 amide bonds. The van der Waals surface area contributed by atoms with Crippen molar-refractivity contribution in [2.75, 3.05) is 5.32 Å². The van der Waals surface area contributed by atoms with Crippen LogP contribution < -0.4 is 20.2 Å². The van der Waals surface area contributed by atoms with Gasteiger partial charge in [-0.3, -0.25) is 18.8 Å². The van der Waals surface area contributed by atoms with E-state index in [2.05, 4.69) is 15.4 Å². The molecule has 0 saturated carbocycles. The lowest BCUT2D eigenvalue weighted by Crippen LogP contribution is -2.40. The van der Waals surface area contributed by atoms with Crippen molar-refractivity contribution in [2.24, 2.45) is 4.99 Å². The number of fused-ring (bicyclic) bond motifs is 1. The number of nitrogens with one attached hydrogen (secondary N) is 1. The third-order valence-electron chi connectivity index (χ3n) is 5.80. The second kappa shape index (κ2) is 9.00. The van der Waals surface area contributed by atoms with Gasteiger partial charge in [0.25, 0.3) is 11.5 Å². The minimum absolute atomic E-state index is 0.167. The highest BCUT2D eigenvalue weighted by Crippen LogP contribution is 2.33. The number of thiophene rings is 1. The van der Waals surface area contributed by atoms with E-state index in [9.17, 15) is 9.59 Å². The number of aryl methyl sites for hydroxylation is 2. The number of nitrogens with zero attached hydrogens (tertiary/aromatic N) is 4. The molecule has 1 aliphatic heterocycles. The molecule has 0 unspecified atom stereocenters. The minimum atomic E-state index is -0.543. The van der Waals surface area contributed by atoms with E-state index in [4.69, 9.17) is 0 Å². The average molecular weight is 490 g/mol. The first-order chi connectivity index (χ1) is 16.5. The van der Waals surface area contributed by atoms with E-state index in [1.54, 1.807) is 10.8 Å². The predicted octanol–water partition coefficient (Wildman–Crippen LogP) is 3.46. The summed E-state index contributed by atoms with van der Waals surface area (Å²) in [5.41, 5.74) is 3.47. The maximum atomic E-state index is 13.6. The second-order valence-electron chi connectivity index (χ2n) is 7.94. The first-order valence-electron chi connectivity index (χ1n) is 10.9. The van der Waals surface area contributed by atoms with Crippen LogP contribution in [0.2, 0.25) is 0 Å². The molecule has 1 N–H and O–H groups in total. The Morgan fingerprint density at radius 3 is 2.74 bits per heavy atom. The van der Waals surface area contributed by atoms with E-state index >= 15 is 0 Å². The summed E-state index contributed by atoms with van der Waals surface area (Å²) < 4.78 is 4.04. The molecule has 1 atom stereocenters. The lowest BCUT2D eigenvalue weighted by molar-refractivity contribution is -0.113. The molecule has 1 aromatic carbocycles. The first kappa shape index (κ1) is 22.2. The van der Waals surface area contributed by atoms with Crippen molar-refractivity contribution in [1.29, 1.82) is 0 Å². The number of aromatic nitrogens is 3. The molecule has 5 rings (SSSR count). The van der Waals surface area contributed by atoms with E-state index in [1.165, 1.54) is 22.7 Å². The highest BCUT2D eigenvalue weighted by atomic mass is 32.1. The van der Waals surface area contributed by atoms with Crippen LogP contribution in [0.25, 0.3) is 6.08 Å². The Labute approximate surface area is 204 Å². The zero-order valence-electron chi connectivity index (χ0n) is 19.0. The highest BCUT2D eigenvalue weighted by molar-refractivity contribution is 7.10. The Morgan fingerprint density at radius 1 is 1.18 bits per heavy atom. The van der Waals surface area contributed by atoms with E-state index in [0.717, 1.165) is 21.8 Å². The molecule has 7 nitrogen and oxygen atoms in total. The molecule has 9 heteroatoms. The van der Waals surface area contributed by atoms with Crippen LogP contribution in [0, 0.1) is 6.92 Å². The van der Waals surface area contributed by atoms with Crippen LogP contribution >= 0.6 is 22.7 Å². The molecule has 4 heterocycles. The summed E-state index contributed by atoms with van der Waals surface area (Å²) in [6, 6.07) is 12.9. The summed E-state index contributed by atoms with van der Waals surface area (Å²) in [5, 5.41) is 9.27. The van der Waals surface area contributed by atoms with E-state index in [-0.39, 0.29) is 11.5 Å². The molecule has 172 valence electrons. The molecule has 1 aliphatic rings. The van der Waals surface area contributed by atoms with Gasteiger partial charge >= 0.3 is 0 Å². The number of para-hydroxylation sites is 1. The van der Waals surface area contributed by atoms with Crippen LogP contribution in [0.1, 0.15) is 36.0 Å². The summed E-state index contributed by atoms with van der Waals surface area (Å²) in [7, 11) is 0. The molecular formula is C25H23N5O2S2. The number of allylic oxidation sites excluding steroid dienone is 1. The summed E-state index contributed by atoms with van der Waals surface area (Å²) in [4.78, 5) is 33.4. The lowest BCUT2D eigenvalue weighted by Gasteiger charge is -2.24. The van der Waals surface area contributed by atoms with Gasteiger partial charge in [-0.15, -0.1) is 11.3 Å². The van der Waals surface area contributed by atoms with Gasteiger partial charge in [-0.25, -0.2) is 4.99 Å². The quantitative estimate of drug-likeness (QED) is 0.466. The molecule has 0 aliphatic carbocycles. The van der Waals surface area contributed by atoms with Gasteiger partial charge in [-0.2, -0.15) is 5.10 Å². The summed E-state index contributed by atoms with van der Waals surface area (Å²) >= 11 is 2.85. The number of carbonyl (C=O) groups excluding carboxylic acids is 1. The van der Waals surface area contributed by atoms with Gasteiger partial charge in [0.2, 0.25) is 0 Å². The smallest absolute Gasteiger partial charge is 0.271 e. The van der Waals surface area contributed by atoms with Crippen molar-refractivity contribution in [1.82, 2.24) is 14.3 Å². The van der Waals surface area contributed by atoms with E-state index < -0.39 is 6.04 Å². The lowest BCUT2D eigenvalue weighted by atomic mass is 10.0. The summed E-state index contributed by atoms with van der Waals surface area (Å²) in [6.45, 7) is 6.49. The van der Waals surface area contributed by atoms with Gasteiger partial charge in [0.15, 0.2) is 4.80 Å². The van der Waals surface area contributed by atoms with Crippen molar-refractivity contribution in [3.8, 4) is 0 Å². The number of anilines is 1. The second-order valence-corrected chi connectivity index (χ2v) is 9.93. The fraction of sp³-hybridized carbons (Fsp3) is 0.200. The predicted molar refractivity (Wildman–Crippen MR) is 136 cm³/mol. The number of carbonyl (C=O) groups is 1. The van der Waals surface area contributed by atoms with Crippen molar-refractivity contribution in [2.45, 2.75) is 33.4 Å². The topological polar surface area (TPSA) is 81.3 Å². The summed E-state index contributed by atoms with van der Waals surface area (Å²) in [6.07, 6.45) is 3.57. The van der Waals surface area contributed by atoms with Crippen LogP contribution in [0.3, 0.4) is 0 Å². The Balaban J connectivity index is 1.66. The Bertz CT molecular complexity index is 1590. The van der Waals surface area contributed by atoms with Crippen LogP contribution in [0.4, 0.5) is 5.69 Å². The number of benzene rings is 1. The van der Waals surface area contributed by atoms with Gasteiger partial charge in [0, 0.05) is 23.3 Å². The maximum absolute atomic E-state index is 13.6.